The van der Waals surface area contributed by atoms with Crippen molar-refractivity contribution in [1.29, 1.82) is 0 Å². The minimum atomic E-state index is -0.373. The lowest BCUT2D eigenvalue weighted by Crippen LogP contribution is -2.13. The number of hydrogen-bond donors (Lipinski definition) is 2. The number of carbonyl (C=O) groups is 1. The number of carbonyl (C=O) groups excluding carboxylic acids is 1. The van der Waals surface area contributed by atoms with E-state index >= 15 is 0 Å². The second-order valence-corrected chi connectivity index (χ2v) is 5.70. The molecular weight excluding hydrogens is 304 g/mol. The van der Waals surface area contributed by atoms with Crippen molar-refractivity contribution in [1.82, 2.24) is 4.98 Å². The molecule has 24 heavy (non-hydrogen) atoms. The van der Waals surface area contributed by atoms with Crippen LogP contribution in [-0.4, -0.2) is 23.1 Å². The molecule has 0 saturated heterocycles. The summed E-state index contributed by atoms with van der Waals surface area (Å²) in [7, 11) is 1.55. The second-order valence-electron chi connectivity index (χ2n) is 5.70. The van der Waals surface area contributed by atoms with Crippen LogP contribution in [0.3, 0.4) is 0 Å². The van der Waals surface area contributed by atoms with Gasteiger partial charge in [0.2, 0.25) is 5.91 Å². The maximum Gasteiger partial charge on any atom is 0.221 e. The van der Waals surface area contributed by atoms with Gasteiger partial charge >= 0.3 is 0 Å². The molecule has 0 saturated carbocycles. The van der Waals surface area contributed by atoms with Gasteiger partial charge in [-0.1, -0.05) is 12.1 Å². The van der Waals surface area contributed by atoms with E-state index in [9.17, 15) is 9.90 Å². The van der Waals surface area contributed by atoms with Crippen molar-refractivity contribution in [3.05, 3.63) is 53.6 Å². The van der Waals surface area contributed by atoms with E-state index in [0.29, 0.717) is 5.75 Å². The number of aromatic nitrogens is 1. The highest BCUT2D eigenvalue weighted by molar-refractivity contribution is 5.87. The zero-order valence-corrected chi connectivity index (χ0v) is 13.5. The van der Waals surface area contributed by atoms with Crippen LogP contribution in [0.5, 0.6) is 11.5 Å². The van der Waals surface area contributed by atoms with E-state index in [1.807, 2.05) is 31.2 Å². The molecule has 5 heteroatoms. The quantitative estimate of drug-likeness (QED) is 0.773. The molecule has 5 nitrogen and oxygen atoms in total. The van der Waals surface area contributed by atoms with Gasteiger partial charge in [-0.2, -0.15) is 0 Å². The van der Waals surface area contributed by atoms with E-state index in [0.717, 1.165) is 33.3 Å². The molecule has 0 spiro atoms. The molecule has 0 radical (unpaired) electrons. The highest BCUT2D eigenvalue weighted by atomic mass is 16.5. The number of phenols is 1. The van der Waals surface area contributed by atoms with Gasteiger partial charge in [-0.25, -0.2) is 4.98 Å². The van der Waals surface area contributed by atoms with E-state index < -0.39 is 0 Å². The Morgan fingerprint density at radius 3 is 2.71 bits per heavy atom. The summed E-state index contributed by atoms with van der Waals surface area (Å²) in [6, 6.07) is 12.6. The number of nitrogens with zero attached hydrogens (tertiary/aromatic N) is 1. The van der Waals surface area contributed by atoms with Gasteiger partial charge < -0.3 is 15.6 Å². The molecule has 3 aromatic rings. The highest BCUT2D eigenvalue weighted by Crippen LogP contribution is 2.33. The van der Waals surface area contributed by atoms with Gasteiger partial charge in [0.05, 0.1) is 24.7 Å². The summed E-state index contributed by atoms with van der Waals surface area (Å²) in [6.07, 6.45) is 0.184. The summed E-state index contributed by atoms with van der Waals surface area (Å²) in [5, 5.41) is 10.6. The summed E-state index contributed by atoms with van der Waals surface area (Å²) in [4.78, 5) is 15.8. The average molecular weight is 322 g/mol. The van der Waals surface area contributed by atoms with Crippen LogP contribution in [0, 0.1) is 6.92 Å². The lowest BCUT2D eigenvalue weighted by Gasteiger charge is -2.11. The second kappa shape index (κ2) is 6.20. The van der Waals surface area contributed by atoms with E-state index in [-0.39, 0.29) is 18.1 Å². The molecule has 0 atom stereocenters. The Kier molecular flexibility index (Phi) is 4.08. The number of nitrogens with two attached hydrogens (primary N) is 1. The molecule has 0 aliphatic rings. The largest absolute Gasteiger partial charge is 0.508 e. The topological polar surface area (TPSA) is 85.4 Å². The van der Waals surface area contributed by atoms with Gasteiger partial charge in [-0.05, 0) is 42.3 Å². The number of primary amides is 1. The van der Waals surface area contributed by atoms with Crippen LogP contribution in [0.4, 0.5) is 0 Å². The Balaban J connectivity index is 2.17. The van der Waals surface area contributed by atoms with Crippen LogP contribution >= 0.6 is 0 Å². The minimum Gasteiger partial charge on any atom is -0.508 e. The number of benzene rings is 2. The summed E-state index contributed by atoms with van der Waals surface area (Å²) in [5.41, 5.74) is 9.49. The maximum atomic E-state index is 11.1. The number of pyridine rings is 1. The summed E-state index contributed by atoms with van der Waals surface area (Å²) in [5.74, 6) is 0.314. The van der Waals surface area contributed by atoms with Crippen molar-refractivity contribution < 1.29 is 14.6 Å². The molecular formula is C19H18N2O3. The van der Waals surface area contributed by atoms with Crippen molar-refractivity contribution in [2.24, 2.45) is 5.73 Å². The molecule has 3 rings (SSSR count). The first kappa shape index (κ1) is 15.8. The summed E-state index contributed by atoms with van der Waals surface area (Å²) < 4.78 is 5.35. The number of fused-ring (bicyclic) bond motifs is 1. The minimum absolute atomic E-state index is 0.136. The zero-order valence-electron chi connectivity index (χ0n) is 13.5. The van der Waals surface area contributed by atoms with Gasteiger partial charge in [-0.3, -0.25) is 4.79 Å². The van der Waals surface area contributed by atoms with E-state index in [1.165, 1.54) is 0 Å². The third kappa shape index (κ3) is 3.01. The van der Waals surface area contributed by atoms with E-state index in [1.54, 1.807) is 25.3 Å². The molecule has 122 valence electrons. The molecule has 1 heterocycles. The Hall–Kier alpha value is -3.08. The Morgan fingerprint density at radius 2 is 2.00 bits per heavy atom. The van der Waals surface area contributed by atoms with Crippen LogP contribution in [0.25, 0.3) is 22.2 Å². The van der Waals surface area contributed by atoms with Crippen molar-refractivity contribution in [3.8, 4) is 22.8 Å². The molecule has 0 aliphatic heterocycles. The predicted molar refractivity (Wildman–Crippen MR) is 93.0 cm³/mol. The molecule has 0 fully saturated rings. The van der Waals surface area contributed by atoms with Crippen LogP contribution in [0.1, 0.15) is 11.1 Å². The van der Waals surface area contributed by atoms with Crippen LogP contribution in [-0.2, 0) is 11.2 Å². The first-order chi connectivity index (χ1) is 11.5. The molecule has 0 unspecified atom stereocenters. The fourth-order valence-electron chi connectivity index (χ4n) is 2.79. The van der Waals surface area contributed by atoms with Gasteiger partial charge in [0.15, 0.2) is 0 Å². The standard InChI is InChI=1S/C19H18N2O3/c1-11-7-16(15-6-4-13(22)10-18(15)24-2)21-17-8-12(9-19(20)23)3-5-14(11)17/h3-8,10,22H,9H2,1-2H3,(H2,20,23). The summed E-state index contributed by atoms with van der Waals surface area (Å²) >= 11 is 0. The fraction of sp³-hybridized carbons (Fsp3) is 0.158. The first-order valence-corrected chi connectivity index (χ1v) is 7.54. The highest BCUT2D eigenvalue weighted by Gasteiger charge is 2.11. The van der Waals surface area contributed by atoms with E-state index in [4.69, 9.17) is 15.5 Å². The fourth-order valence-corrected chi connectivity index (χ4v) is 2.79. The van der Waals surface area contributed by atoms with Gasteiger partial charge in [0.1, 0.15) is 11.5 Å². The summed E-state index contributed by atoms with van der Waals surface area (Å²) in [6.45, 7) is 2.01. The smallest absolute Gasteiger partial charge is 0.221 e. The molecule has 1 amide bonds. The number of ether oxygens (including phenoxy) is 1. The monoisotopic (exact) mass is 322 g/mol. The van der Waals surface area contributed by atoms with Crippen LogP contribution in [0.15, 0.2) is 42.5 Å². The third-order valence-electron chi connectivity index (χ3n) is 3.92. The Labute approximate surface area is 139 Å². The number of aryl methyl sites for hydroxylation is 1. The van der Waals surface area contributed by atoms with Gasteiger partial charge in [0, 0.05) is 17.0 Å². The van der Waals surface area contributed by atoms with Gasteiger partial charge in [0.25, 0.3) is 0 Å². The van der Waals surface area contributed by atoms with Crippen LogP contribution in [0.2, 0.25) is 0 Å². The lowest BCUT2D eigenvalue weighted by atomic mass is 10.0. The average Bonchev–Trinajstić information content (AvgIpc) is 2.53. The SMILES string of the molecule is COc1cc(O)ccc1-c1cc(C)c2ccc(CC(N)=O)cc2n1. The van der Waals surface area contributed by atoms with Crippen molar-refractivity contribution in [3.63, 3.8) is 0 Å². The Bertz CT molecular complexity index is 935. The van der Waals surface area contributed by atoms with E-state index in [2.05, 4.69) is 0 Å². The Morgan fingerprint density at radius 1 is 1.21 bits per heavy atom. The van der Waals surface area contributed by atoms with Gasteiger partial charge in [-0.15, -0.1) is 0 Å². The lowest BCUT2D eigenvalue weighted by molar-refractivity contribution is -0.117. The maximum absolute atomic E-state index is 11.1. The molecule has 0 aliphatic carbocycles. The van der Waals surface area contributed by atoms with Crippen molar-refractivity contribution in [2.75, 3.05) is 7.11 Å². The molecule has 1 aromatic heterocycles. The van der Waals surface area contributed by atoms with Crippen LogP contribution < -0.4 is 10.5 Å². The number of rotatable bonds is 4. The molecule has 3 N–H and O–H groups in total. The normalized spacial score (nSPS) is 10.8. The number of amides is 1. The first-order valence-electron chi connectivity index (χ1n) is 7.54. The van der Waals surface area contributed by atoms with Crippen molar-refractivity contribution in [2.45, 2.75) is 13.3 Å². The number of methoxy groups -OCH3 is 1. The molecule has 2 aromatic carbocycles. The number of phenolic OH excluding ortho intramolecular Hbond substituents is 1. The molecule has 0 bridgehead atoms. The van der Waals surface area contributed by atoms with Crippen molar-refractivity contribution >= 4 is 16.8 Å². The number of aromatic hydroxyl groups is 1. The zero-order chi connectivity index (χ0) is 17.3. The predicted octanol–water partition coefficient (Wildman–Crippen LogP) is 2.95. The third-order valence-corrected chi connectivity index (χ3v) is 3.92. The number of hydrogen-bond acceptors (Lipinski definition) is 4.